The van der Waals surface area contributed by atoms with E-state index < -0.39 is 6.10 Å². The summed E-state index contributed by atoms with van der Waals surface area (Å²) in [6.07, 6.45) is 7.46. The Bertz CT molecular complexity index is 636. The molecule has 122 valence electrons. The van der Waals surface area contributed by atoms with E-state index in [0.29, 0.717) is 6.54 Å². The lowest BCUT2D eigenvalue weighted by molar-refractivity contribution is -0.132. The Hall–Kier alpha value is -2.21. The third kappa shape index (κ3) is 3.76. The molecule has 1 aliphatic rings. The number of carbonyl (C=O) groups is 1. The molecule has 1 atom stereocenters. The molecule has 0 spiro atoms. The van der Waals surface area contributed by atoms with Crippen LogP contribution in [0.15, 0.2) is 36.9 Å². The van der Waals surface area contributed by atoms with Gasteiger partial charge in [-0.15, -0.1) is 0 Å². The molecule has 0 unspecified atom stereocenters. The van der Waals surface area contributed by atoms with E-state index in [0.717, 1.165) is 36.9 Å². The second-order valence-electron chi connectivity index (χ2n) is 6.03. The van der Waals surface area contributed by atoms with Crippen molar-refractivity contribution in [3.05, 3.63) is 42.5 Å². The molecule has 0 radical (unpaired) electrons. The second kappa shape index (κ2) is 7.37. The number of hydrogen-bond acceptors (Lipinski definition) is 4. The van der Waals surface area contributed by atoms with Crippen LogP contribution in [-0.4, -0.2) is 31.9 Å². The van der Waals surface area contributed by atoms with E-state index in [1.807, 2.05) is 24.3 Å². The fourth-order valence-electron chi connectivity index (χ4n) is 3.17. The predicted molar refractivity (Wildman–Crippen MR) is 85.8 cm³/mol. The SMILES string of the molecule is O=C(NCc1ccccc1-n1cncn1)[C@H](O)C1CCCCC1. The van der Waals surface area contributed by atoms with Gasteiger partial charge >= 0.3 is 0 Å². The van der Waals surface area contributed by atoms with Crippen LogP contribution in [0.5, 0.6) is 0 Å². The van der Waals surface area contributed by atoms with Crippen LogP contribution in [0.25, 0.3) is 5.69 Å². The van der Waals surface area contributed by atoms with E-state index in [2.05, 4.69) is 15.4 Å². The predicted octanol–water partition coefficient (Wildman–Crippen LogP) is 1.82. The average molecular weight is 314 g/mol. The number of hydrogen-bond donors (Lipinski definition) is 2. The second-order valence-corrected chi connectivity index (χ2v) is 6.03. The monoisotopic (exact) mass is 314 g/mol. The van der Waals surface area contributed by atoms with Crippen molar-refractivity contribution in [2.75, 3.05) is 0 Å². The molecule has 1 saturated carbocycles. The molecule has 0 bridgehead atoms. The van der Waals surface area contributed by atoms with Gasteiger partial charge in [0, 0.05) is 6.54 Å². The van der Waals surface area contributed by atoms with Crippen LogP contribution in [0.2, 0.25) is 0 Å². The van der Waals surface area contributed by atoms with Crippen LogP contribution >= 0.6 is 0 Å². The van der Waals surface area contributed by atoms with Crippen molar-refractivity contribution in [1.29, 1.82) is 0 Å². The first-order valence-electron chi connectivity index (χ1n) is 8.14. The molecular formula is C17H22N4O2. The van der Waals surface area contributed by atoms with Crippen molar-refractivity contribution in [2.24, 2.45) is 5.92 Å². The van der Waals surface area contributed by atoms with Crippen molar-refractivity contribution in [2.45, 2.75) is 44.8 Å². The highest BCUT2D eigenvalue weighted by Crippen LogP contribution is 2.26. The molecule has 1 fully saturated rings. The minimum absolute atomic E-state index is 0.0920. The number of amides is 1. The first kappa shape index (κ1) is 15.7. The number of rotatable bonds is 5. The summed E-state index contributed by atoms with van der Waals surface area (Å²) in [5.41, 5.74) is 1.81. The van der Waals surface area contributed by atoms with Crippen LogP contribution in [-0.2, 0) is 11.3 Å². The summed E-state index contributed by atoms with van der Waals surface area (Å²) in [4.78, 5) is 16.2. The highest BCUT2D eigenvalue weighted by molar-refractivity contribution is 5.80. The molecule has 2 aromatic rings. The summed E-state index contributed by atoms with van der Waals surface area (Å²) in [6, 6.07) is 7.69. The van der Waals surface area contributed by atoms with Crippen molar-refractivity contribution in [1.82, 2.24) is 20.1 Å². The topological polar surface area (TPSA) is 80.0 Å². The van der Waals surface area contributed by atoms with Gasteiger partial charge < -0.3 is 10.4 Å². The first-order chi connectivity index (χ1) is 11.3. The molecule has 0 aliphatic heterocycles. The maximum atomic E-state index is 12.2. The van der Waals surface area contributed by atoms with E-state index in [-0.39, 0.29) is 11.8 Å². The number of aliphatic hydroxyl groups is 1. The zero-order valence-corrected chi connectivity index (χ0v) is 13.1. The van der Waals surface area contributed by atoms with Crippen molar-refractivity contribution in [3.63, 3.8) is 0 Å². The molecule has 1 amide bonds. The molecule has 6 heteroatoms. The summed E-state index contributed by atoms with van der Waals surface area (Å²) in [5, 5.41) is 17.2. The number of aliphatic hydroxyl groups excluding tert-OH is 1. The Balaban J connectivity index is 1.63. The zero-order valence-electron chi connectivity index (χ0n) is 13.1. The lowest BCUT2D eigenvalue weighted by Crippen LogP contribution is -2.39. The van der Waals surface area contributed by atoms with E-state index in [9.17, 15) is 9.90 Å². The number of nitrogens with zero attached hydrogens (tertiary/aromatic N) is 3. The van der Waals surface area contributed by atoms with E-state index in [1.54, 1.807) is 11.0 Å². The third-order valence-corrected chi connectivity index (χ3v) is 4.48. The summed E-state index contributed by atoms with van der Waals surface area (Å²) in [6.45, 7) is 0.360. The van der Waals surface area contributed by atoms with Gasteiger partial charge in [0.15, 0.2) is 0 Å². The van der Waals surface area contributed by atoms with Crippen LogP contribution < -0.4 is 5.32 Å². The molecular weight excluding hydrogens is 292 g/mol. The van der Waals surface area contributed by atoms with Gasteiger partial charge in [0.05, 0.1) is 5.69 Å². The number of benzene rings is 1. The van der Waals surface area contributed by atoms with Gasteiger partial charge in [-0.3, -0.25) is 4.79 Å². The molecule has 0 saturated heterocycles. The maximum Gasteiger partial charge on any atom is 0.249 e. The Morgan fingerprint density at radius 1 is 1.30 bits per heavy atom. The maximum absolute atomic E-state index is 12.2. The molecule has 1 aliphatic carbocycles. The average Bonchev–Trinajstić information content (AvgIpc) is 3.14. The smallest absolute Gasteiger partial charge is 0.249 e. The molecule has 6 nitrogen and oxygen atoms in total. The summed E-state index contributed by atoms with van der Waals surface area (Å²) in [7, 11) is 0. The fourth-order valence-corrected chi connectivity index (χ4v) is 3.17. The van der Waals surface area contributed by atoms with Crippen molar-refractivity contribution in [3.8, 4) is 5.69 Å². The van der Waals surface area contributed by atoms with E-state index in [1.165, 1.54) is 12.7 Å². The molecule has 1 heterocycles. The van der Waals surface area contributed by atoms with Gasteiger partial charge in [-0.1, -0.05) is 37.5 Å². The standard InChI is InChI=1S/C17H22N4O2/c22-16(13-6-2-1-3-7-13)17(23)19-10-14-8-4-5-9-15(14)21-12-18-11-20-21/h4-5,8-9,11-13,16,22H,1-3,6-7,10H2,(H,19,23)/t16-/m1/s1. The molecule has 23 heavy (non-hydrogen) atoms. The number of nitrogens with one attached hydrogen (secondary N) is 1. The summed E-state index contributed by atoms with van der Waals surface area (Å²) >= 11 is 0. The van der Waals surface area contributed by atoms with E-state index >= 15 is 0 Å². The fraction of sp³-hybridized carbons (Fsp3) is 0.471. The van der Waals surface area contributed by atoms with Crippen LogP contribution in [0.4, 0.5) is 0 Å². The largest absolute Gasteiger partial charge is 0.383 e. The highest BCUT2D eigenvalue weighted by atomic mass is 16.3. The highest BCUT2D eigenvalue weighted by Gasteiger charge is 2.27. The van der Waals surface area contributed by atoms with Gasteiger partial charge in [0.1, 0.15) is 18.8 Å². The Labute approximate surface area is 135 Å². The molecule has 3 rings (SSSR count). The minimum Gasteiger partial charge on any atom is -0.383 e. The van der Waals surface area contributed by atoms with Gasteiger partial charge in [-0.25, -0.2) is 9.67 Å². The lowest BCUT2D eigenvalue weighted by Gasteiger charge is -2.25. The molecule has 2 N–H and O–H groups in total. The number of aromatic nitrogens is 3. The van der Waals surface area contributed by atoms with Crippen LogP contribution in [0.1, 0.15) is 37.7 Å². The quantitative estimate of drug-likeness (QED) is 0.882. The van der Waals surface area contributed by atoms with Gasteiger partial charge in [0.25, 0.3) is 0 Å². The Morgan fingerprint density at radius 3 is 2.83 bits per heavy atom. The van der Waals surface area contributed by atoms with Crippen LogP contribution in [0, 0.1) is 5.92 Å². The lowest BCUT2D eigenvalue weighted by atomic mass is 9.85. The summed E-state index contributed by atoms with van der Waals surface area (Å²) in [5.74, 6) is -0.195. The number of carbonyl (C=O) groups excluding carboxylic acids is 1. The van der Waals surface area contributed by atoms with Crippen molar-refractivity contribution < 1.29 is 9.90 Å². The van der Waals surface area contributed by atoms with Gasteiger partial charge in [-0.2, -0.15) is 5.10 Å². The van der Waals surface area contributed by atoms with Crippen molar-refractivity contribution >= 4 is 5.91 Å². The Morgan fingerprint density at radius 2 is 2.09 bits per heavy atom. The third-order valence-electron chi connectivity index (χ3n) is 4.48. The first-order valence-corrected chi connectivity index (χ1v) is 8.14. The Kier molecular flexibility index (Phi) is 5.02. The van der Waals surface area contributed by atoms with Gasteiger partial charge in [0.2, 0.25) is 5.91 Å². The minimum atomic E-state index is -0.908. The van der Waals surface area contributed by atoms with E-state index in [4.69, 9.17) is 0 Å². The normalized spacial score (nSPS) is 16.9. The number of para-hydroxylation sites is 1. The zero-order chi connectivity index (χ0) is 16.1. The molecule has 1 aromatic heterocycles. The van der Waals surface area contributed by atoms with Gasteiger partial charge in [-0.05, 0) is 30.4 Å². The summed E-state index contributed by atoms with van der Waals surface area (Å²) < 4.78 is 1.67. The van der Waals surface area contributed by atoms with Crippen LogP contribution in [0.3, 0.4) is 0 Å². The molecule has 1 aromatic carbocycles.